The summed E-state index contributed by atoms with van der Waals surface area (Å²) < 4.78 is 18.1. The normalized spacial score (nSPS) is 12.9. The van der Waals surface area contributed by atoms with Crippen LogP contribution in [0, 0.1) is 0 Å². The van der Waals surface area contributed by atoms with Crippen molar-refractivity contribution in [2.75, 3.05) is 20.6 Å². The van der Waals surface area contributed by atoms with Crippen LogP contribution in [0.3, 0.4) is 0 Å². The molecule has 0 radical (unpaired) electrons. The van der Waals surface area contributed by atoms with E-state index in [0.717, 1.165) is 4.90 Å². The summed E-state index contributed by atoms with van der Waals surface area (Å²) in [6, 6.07) is 0. The van der Waals surface area contributed by atoms with Crippen molar-refractivity contribution in [2.45, 2.75) is 32.5 Å². The summed E-state index contributed by atoms with van der Waals surface area (Å²) >= 11 is 0. The SMILES string of the molecule is CN(C)C(=O)C(F)CNC(=O)OC(C)(C)C. The molecule has 1 atom stereocenters. The third-order valence-corrected chi connectivity index (χ3v) is 1.53. The van der Waals surface area contributed by atoms with E-state index in [2.05, 4.69) is 5.32 Å². The molecular weight excluding hydrogens is 215 g/mol. The molecular formula is C10H19FN2O3. The quantitative estimate of drug-likeness (QED) is 0.790. The highest BCUT2D eigenvalue weighted by atomic mass is 19.1. The van der Waals surface area contributed by atoms with E-state index >= 15 is 0 Å². The van der Waals surface area contributed by atoms with Crippen molar-refractivity contribution in [3.8, 4) is 0 Å². The van der Waals surface area contributed by atoms with Gasteiger partial charge in [0.05, 0.1) is 6.54 Å². The first-order valence-electron chi connectivity index (χ1n) is 4.95. The molecule has 0 aromatic heterocycles. The third kappa shape index (κ3) is 6.21. The fourth-order valence-electron chi connectivity index (χ4n) is 0.855. The number of amides is 2. The lowest BCUT2D eigenvalue weighted by Crippen LogP contribution is -2.41. The van der Waals surface area contributed by atoms with Crippen LogP contribution in [0.25, 0.3) is 0 Å². The summed E-state index contributed by atoms with van der Waals surface area (Å²) in [4.78, 5) is 23.4. The van der Waals surface area contributed by atoms with Crippen LogP contribution in [0.5, 0.6) is 0 Å². The number of hydrogen-bond acceptors (Lipinski definition) is 3. The highest BCUT2D eigenvalue weighted by molar-refractivity contribution is 5.81. The lowest BCUT2D eigenvalue weighted by molar-refractivity contribution is -0.133. The minimum Gasteiger partial charge on any atom is -0.444 e. The zero-order valence-electron chi connectivity index (χ0n) is 10.3. The molecule has 0 fully saturated rings. The number of alkyl carbamates (subject to hydrolysis) is 1. The molecule has 0 heterocycles. The molecule has 0 rings (SSSR count). The molecule has 0 spiro atoms. The average Bonchev–Trinajstić information content (AvgIpc) is 2.09. The first-order valence-corrected chi connectivity index (χ1v) is 4.95. The molecule has 6 heteroatoms. The zero-order chi connectivity index (χ0) is 12.9. The van der Waals surface area contributed by atoms with Crippen molar-refractivity contribution in [2.24, 2.45) is 0 Å². The monoisotopic (exact) mass is 234 g/mol. The maximum atomic E-state index is 13.2. The van der Waals surface area contributed by atoms with Gasteiger partial charge in [-0.2, -0.15) is 0 Å². The molecule has 1 unspecified atom stereocenters. The van der Waals surface area contributed by atoms with E-state index in [1.807, 2.05) is 0 Å². The molecule has 0 aromatic carbocycles. The predicted octanol–water partition coefficient (Wildman–Crippen LogP) is 0.937. The minimum atomic E-state index is -1.75. The highest BCUT2D eigenvalue weighted by Crippen LogP contribution is 2.06. The number of nitrogens with zero attached hydrogens (tertiary/aromatic N) is 1. The molecule has 0 aliphatic rings. The van der Waals surface area contributed by atoms with Crippen LogP contribution in [0.1, 0.15) is 20.8 Å². The smallest absolute Gasteiger partial charge is 0.407 e. The van der Waals surface area contributed by atoms with Gasteiger partial charge in [0.1, 0.15) is 5.60 Å². The Kier molecular flexibility index (Phi) is 5.20. The Morgan fingerprint density at radius 1 is 1.38 bits per heavy atom. The number of carbonyl (C=O) groups is 2. The van der Waals surface area contributed by atoms with Crippen LogP contribution in [0.15, 0.2) is 0 Å². The second-order valence-electron chi connectivity index (χ2n) is 4.58. The summed E-state index contributed by atoms with van der Waals surface area (Å²) in [6.07, 6.45) is -2.48. The van der Waals surface area contributed by atoms with Crippen molar-refractivity contribution in [3.05, 3.63) is 0 Å². The van der Waals surface area contributed by atoms with Gasteiger partial charge in [0.25, 0.3) is 5.91 Å². The summed E-state index contributed by atoms with van der Waals surface area (Å²) in [5.41, 5.74) is -0.637. The van der Waals surface area contributed by atoms with E-state index in [1.54, 1.807) is 20.8 Å². The van der Waals surface area contributed by atoms with Crippen LogP contribution < -0.4 is 5.32 Å². The van der Waals surface area contributed by atoms with E-state index in [1.165, 1.54) is 14.1 Å². The average molecular weight is 234 g/mol. The fourth-order valence-corrected chi connectivity index (χ4v) is 0.855. The van der Waals surface area contributed by atoms with E-state index in [4.69, 9.17) is 4.74 Å². The Labute approximate surface area is 94.9 Å². The van der Waals surface area contributed by atoms with Gasteiger partial charge >= 0.3 is 6.09 Å². The van der Waals surface area contributed by atoms with Gasteiger partial charge in [-0.3, -0.25) is 4.79 Å². The standard InChI is InChI=1S/C10H19FN2O3/c1-10(2,3)16-9(15)12-6-7(11)8(14)13(4)5/h7H,6H2,1-5H3,(H,12,15). The molecule has 0 saturated carbocycles. The number of nitrogens with one attached hydrogen (secondary N) is 1. The number of rotatable bonds is 3. The van der Waals surface area contributed by atoms with Gasteiger partial charge in [0.15, 0.2) is 6.17 Å². The lowest BCUT2D eigenvalue weighted by atomic mass is 10.2. The molecule has 0 saturated heterocycles. The van der Waals surface area contributed by atoms with E-state index in [-0.39, 0.29) is 6.54 Å². The number of hydrogen-bond donors (Lipinski definition) is 1. The predicted molar refractivity (Wildman–Crippen MR) is 57.8 cm³/mol. The molecule has 0 bridgehead atoms. The van der Waals surface area contributed by atoms with E-state index < -0.39 is 23.8 Å². The summed E-state index contributed by atoms with van der Waals surface area (Å²) in [5.74, 6) is -0.684. The number of ether oxygens (including phenoxy) is 1. The molecule has 0 aromatic rings. The molecule has 0 aliphatic carbocycles. The molecule has 2 amide bonds. The molecule has 5 nitrogen and oxygen atoms in total. The van der Waals surface area contributed by atoms with E-state index in [9.17, 15) is 14.0 Å². The number of carbonyl (C=O) groups excluding carboxylic acids is 2. The van der Waals surface area contributed by atoms with Crippen LogP contribution in [0.4, 0.5) is 9.18 Å². The lowest BCUT2D eigenvalue weighted by Gasteiger charge is -2.20. The molecule has 0 aliphatic heterocycles. The fraction of sp³-hybridized carbons (Fsp3) is 0.800. The summed E-state index contributed by atoms with van der Waals surface area (Å²) in [7, 11) is 2.89. The van der Waals surface area contributed by atoms with E-state index in [0.29, 0.717) is 0 Å². The van der Waals surface area contributed by atoms with Gasteiger partial charge in [0.2, 0.25) is 0 Å². The van der Waals surface area contributed by atoms with Crippen LogP contribution in [-0.4, -0.2) is 49.3 Å². The second kappa shape index (κ2) is 5.67. The topological polar surface area (TPSA) is 58.6 Å². The van der Waals surface area contributed by atoms with Gasteiger partial charge in [0, 0.05) is 14.1 Å². The molecule has 1 N–H and O–H groups in total. The maximum absolute atomic E-state index is 13.2. The van der Waals surface area contributed by atoms with Gasteiger partial charge in [-0.25, -0.2) is 9.18 Å². The first kappa shape index (κ1) is 14.7. The summed E-state index contributed by atoms with van der Waals surface area (Å²) in [5, 5.41) is 2.19. The largest absolute Gasteiger partial charge is 0.444 e. The Hall–Kier alpha value is -1.33. The van der Waals surface area contributed by atoms with Crippen LogP contribution >= 0.6 is 0 Å². The number of alkyl halides is 1. The van der Waals surface area contributed by atoms with Crippen LogP contribution in [-0.2, 0) is 9.53 Å². The molecule has 16 heavy (non-hydrogen) atoms. The molecule has 94 valence electrons. The van der Waals surface area contributed by atoms with Gasteiger partial charge < -0.3 is 15.0 Å². The Morgan fingerprint density at radius 2 is 1.88 bits per heavy atom. The first-order chi connectivity index (χ1) is 7.13. The van der Waals surface area contributed by atoms with Crippen molar-refractivity contribution in [3.63, 3.8) is 0 Å². The summed E-state index contributed by atoms with van der Waals surface area (Å²) in [6.45, 7) is 4.71. The van der Waals surface area contributed by atoms with Gasteiger partial charge in [-0.05, 0) is 20.8 Å². The van der Waals surface area contributed by atoms with Crippen LogP contribution in [0.2, 0.25) is 0 Å². The second-order valence-corrected chi connectivity index (χ2v) is 4.58. The minimum absolute atomic E-state index is 0.383. The highest BCUT2D eigenvalue weighted by Gasteiger charge is 2.21. The number of halogens is 1. The van der Waals surface area contributed by atoms with Crippen molar-refractivity contribution < 1.29 is 18.7 Å². The maximum Gasteiger partial charge on any atom is 0.407 e. The Morgan fingerprint density at radius 3 is 2.25 bits per heavy atom. The third-order valence-electron chi connectivity index (χ3n) is 1.53. The Balaban J connectivity index is 3.98. The van der Waals surface area contributed by atoms with Crippen molar-refractivity contribution in [1.82, 2.24) is 10.2 Å². The van der Waals surface area contributed by atoms with Crippen molar-refractivity contribution in [1.29, 1.82) is 0 Å². The Bertz CT molecular complexity index is 261. The zero-order valence-corrected chi connectivity index (χ0v) is 10.3. The van der Waals surface area contributed by atoms with Gasteiger partial charge in [-0.1, -0.05) is 0 Å². The van der Waals surface area contributed by atoms with Crippen molar-refractivity contribution >= 4 is 12.0 Å². The van der Waals surface area contributed by atoms with Gasteiger partial charge in [-0.15, -0.1) is 0 Å².